The highest BCUT2D eigenvalue weighted by Crippen LogP contribution is 2.58. The van der Waals surface area contributed by atoms with Crippen LogP contribution in [0.4, 0.5) is 11.4 Å². The number of imide groups is 1. The molecule has 0 N–H and O–H groups in total. The van der Waals surface area contributed by atoms with E-state index in [1.54, 1.807) is 12.1 Å². The van der Waals surface area contributed by atoms with Crippen LogP contribution < -0.4 is 4.90 Å². The van der Waals surface area contributed by atoms with Crippen molar-refractivity contribution < 1.29 is 28.8 Å². The number of anilines is 1. The van der Waals surface area contributed by atoms with E-state index in [0.717, 1.165) is 17.0 Å². The van der Waals surface area contributed by atoms with Gasteiger partial charge in [-0.05, 0) is 24.3 Å². The summed E-state index contributed by atoms with van der Waals surface area (Å²) in [7, 11) is 0. The quantitative estimate of drug-likeness (QED) is 0.207. The van der Waals surface area contributed by atoms with Crippen molar-refractivity contribution >= 4 is 58.0 Å². The highest BCUT2D eigenvalue weighted by Gasteiger charge is 2.74. The summed E-state index contributed by atoms with van der Waals surface area (Å²) >= 11 is 12.5. The molecule has 0 aromatic heterocycles. The van der Waals surface area contributed by atoms with Gasteiger partial charge in [0, 0.05) is 38.9 Å². The van der Waals surface area contributed by atoms with Crippen molar-refractivity contribution in [1.82, 2.24) is 0 Å². The van der Waals surface area contributed by atoms with Gasteiger partial charge in [0.05, 0.1) is 28.6 Å². The molecule has 1 spiro atoms. The van der Waals surface area contributed by atoms with E-state index in [0.29, 0.717) is 10.6 Å². The van der Waals surface area contributed by atoms with Gasteiger partial charge in [0.15, 0.2) is 0 Å². The first-order valence-electron chi connectivity index (χ1n) is 11.1. The predicted molar refractivity (Wildman–Crippen MR) is 131 cm³/mol. The highest BCUT2D eigenvalue weighted by molar-refractivity contribution is 6.37. The molecule has 2 saturated heterocycles. The van der Waals surface area contributed by atoms with Crippen molar-refractivity contribution in [1.29, 1.82) is 0 Å². The lowest BCUT2D eigenvalue weighted by Crippen LogP contribution is -2.51. The summed E-state index contributed by atoms with van der Waals surface area (Å²) in [6.07, 6.45) is -1.21. The smallest absolute Gasteiger partial charge is 0.269 e. The number of amides is 2. The van der Waals surface area contributed by atoms with Gasteiger partial charge in [0.2, 0.25) is 29.0 Å². The van der Waals surface area contributed by atoms with E-state index >= 15 is 0 Å². The number of rotatable bonds is 3. The first kappa shape index (κ1) is 23.5. The minimum Gasteiger partial charge on any atom is -0.349 e. The second-order valence-corrected chi connectivity index (χ2v) is 9.78. The number of carbonyl (C=O) groups is 4. The van der Waals surface area contributed by atoms with E-state index in [2.05, 4.69) is 0 Å². The lowest BCUT2D eigenvalue weighted by atomic mass is 9.77. The summed E-state index contributed by atoms with van der Waals surface area (Å²) in [4.78, 5) is 66.5. The van der Waals surface area contributed by atoms with Gasteiger partial charge in [-0.15, -0.1) is 0 Å². The van der Waals surface area contributed by atoms with Gasteiger partial charge in [-0.3, -0.25) is 29.3 Å². The fourth-order valence-corrected chi connectivity index (χ4v) is 6.03. The Balaban J connectivity index is 1.53. The number of ketones is 2. The number of nitro groups is 1. The minimum absolute atomic E-state index is 0.0708. The summed E-state index contributed by atoms with van der Waals surface area (Å²) in [5.41, 5.74) is -1.93. The maximum Gasteiger partial charge on any atom is 0.269 e. The fraction of sp³-hybridized carbons (Fsp3) is 0.154. The molecule has 3 aliphatic rings. The molecule has 6 rings (SSSR count). The zero-order chi connectivity index (χ0) is 26.2. The number of benzene rings is 3. The number of fused-ring (bicyclic) bond motifs is 3. The normalized spacial score (nSPS) is 23.6. The summed E-state index contributed by atoms with van der Waals surface area (Å²) < 4.78 is 6.18. The second kappa shape index (κ2) is 8.04. The van der Waals surface area contributed by atoms with Crippen LogP contribution in [0.15, 0.2) is 66.7 Å². The second-order valence-electron chi connectivity index (χ2n) is 8.93. The van der Waals surface area contributed by atoms with Crippen LogP contribution in [0.1, 0.15) is 32.4 Å². The van der Waals surface area contributed by atoms with Crippen LogP contribution in [0.5, 0.6) is 0 Å². The van der Waals surface area contributed by atoms with E-state index < -0.39 is 51.8 Å². The molecular weight excluding hydrogens is 523 g/mol. The lowest BCUT2D eigenvalue weighted by molar-refractivity contribution is -0.384. The molecule has 2 aliphatic heterocycles. The number of hydrogen-bond donors (Lipinski definition) is 0. The first-order valence-corrected chi connectivity index (χ1v) is 11.9. The Kier molecular flexibility index (Phi) is 5.10. The third-order valence-electron chi connectivity index (χ3n) is 7.11. The van der Waals surface area contributed by atoms with E-state index in [-0.39, 0.29) is 27.5 Å². The molecule has 0 saturated carbocycles. The maximum atomic E-state index is 13.9. The summed E-state index contributed by atoms with van der Waals surface area (Å²) in [5.74, 6) is -5.67. The molecule has 0 unspecified atom stereocenters. The van der Waals surface area contributed by atoms with Gasteiger partial charge in [-0.2, -0.15) is 0 Å². The Morgan fingerprint density at radius 2 is 1.49 bits per heavy atom. The van der Waals surface area contributed by atoms with Crippen LogP contribution in [0, 0.1) is 22.0 Å². The van der Waals surface area contributed by atoms with Crippen molar-refractivity contribution in [2.45, 2.75) is 11.7 Å². The number of non-ortho nitro benzene ring substituents is 1. The number of nitrogens with zero attached hydrogens (tertiary/aromatic N) is 2. The predicted octanol–water partition coefficient (Wildman–Crippen LogP) is 4.60. The van der Waals surface area contributed by atoms with Gasteiger partial charge < -0.3 is 4.74 Å². The first-order chi connectivity index (χ1) is 17.7. The zero-order valence-electron chi connectivity index (χ0n) is 18.6. The van der Waals surface area contributed by atoms with E-state index in [9.17, 15) is 29.3 Å². The number of ether oxygens (including phenoxy) is 1. The van der Waals surface area contributed by atoms with Crippen LogP contribution in [-0.4, -0.2) is 33.9 Å². The molecule has 11 heteroatoms. The van der Waals surface area contributed by atoms with Gasteiger partial charge in [-0.25, -0.2) is 4.90 Å². The summed E-state index contributed by atoms with van der Waals surface area (Å²) in [6, 6.07) is 15.5. The molecule has 0 bridgehead atoms. The molecule has 37 heavy (non-hydrogen) atoms. The number of hydrogen-bond acceptors (Lipinski definition) is 7. The molecule has 184 valence electrons. The molecule has 9 nitrogen and oxygen atoms in total. The van der Waals surface area contributed by atoms with Crippen molar-refractivity contribution in [3.8, 4) is 0 Å². The zero-order valence-corrected chi connectivity index (χ0v) is 20.1. The lowest BCUT2D eigenvalue weighted by Gasteiger charge is -2.27. The molecule has 1 aliphatic carbocycles. The standard InChI is InChI=1S/C26H14Cl2N2O7/c27-12-5-10-17(18(28)11-12)21-19-20(26(37-21)22(31)15-3-1-2-4-16(15)23(26)32)25(34)29(24(19)33)13-6-8-14(9-7-13)30(35)36/h1-11,19-21H/t19-,20-,21+/m0/s1. The van der Waals surface area contributed by atoms with Crippen LogP contribution in [0.25, 0.3) is 0 Å². The van der Waals surface area contributed by atoms with E-state index in [1.165, 1.54) is 42.5 Å². The molecule has 3 aromatic rings. The highest BCUT2D eigenvalue weighted by atomic mass is 35.5. The van der Waals surface area contributed by atoms with Crippen LogP contribution in [-0.2, 0) is 14.3 Å². The molecule has 3 aromatic carbocycles. The SMILES string of the molecule is O=C1[C@@H]2[C@@H](c3ccc(Cl)cc3Cl)OC3(C(=O)c4ccccc4C3=O)[C@@H]2C(=O)N1c1ccc([N+](=O)[O-])cc1. The maximum absolute atomic E-state index is 13.9. The van der Waals surface area contributed by atoms with Crippen LogP contribution in [0.3, 0.4) is 0 Å². The van der Waals surface area contributed by atoms with Crippen molar-refractivity contribution in [2.24, 2.45) is 11.8 Å². The molecule has 0 radical (unpaired) electrons. The van der Waals surface area contributed by atoms with Crippen molar-refractivity contribution in [3.05, 3.63) is 104 Å². The topological polar surface area (TPSA) is 124 Å². The van der Waals surface area contributed by atoms with E-state index in [4.69, 9.17) is 27.9 Å². The molecule has 2 fully saturated rings. The van der Waals surface area contributed by atoms with Crippen molar-refractivity contribution in [3.63, 3.8) is 0 Å². The Hall–Kier alpha value is -3.92. The number of halogens is 2. The molecule has 3 atom stereocenters. The largest absolute Gasteiger partial charge is 0.349 e. The van der Waals surface area contributed by atoms with Gasteiger partial charge in [0.25, 0.3) is 5.69 Å². The number of carbonyl (C=O) groups excluding carboxylic acids is 4. The molecule has 2 amide bonds. The van der Waals surface area contributed by atoms with E-state index in [1.807, 2.05) is 0 Å². The Morgan fingerprint density at radius 3 is 2.05 bits per heavy atom. The third-order valence-corrected chi connectivity index (χ3v) is 7.67. The van der Waals surface area contributed by atoms with Crippen LogP contribution >= 0.6 is 23.2 Å². The minimum atomic E-state index is -2.26. The average Bonchev–Trinajstić information content (AvgIpc) is 3.44. The third kappa shape index (κ3) is 3.08. The molecular formula is C26H14Cl2N2O7. The summed E-state index contributed by atoms with van der Waals surface area (Å²) in [5, 5.41) is 11.5. The van der Waals surface area contributed by atoms with Crippen molar-refractivity contribution in [2.75, 3.05) is 4.90 Å². The monoisotopic (exact) mass is 536 g/mol. The Labute approximate surface area is 218 Å². The van der Waals surface area contributed by atoms with Gasteiger partial charge in [-0.1, -0.05) is 53.5 Å². The van der Waals surface area contributed by atoms with Gasteiger partial charge in [0.1, 0.15) is 0 Å². The average molecular weight is 537 g/mol. The van der Waals surface area contributed by atoms with Crippen LogP contribution in [0.2, 0.25) is 10.0 Å². The van der Waals surface area contributed by atoms with Gasteiger partial charge >= 0.3 is 0 Å². The Bertz CT molecular complexity index is 1530. The molecule has 2 heterocycles. The Morgan fingerprint density at radius 1 is 0.865 bits per heavy atom. The fourth-order valence-electron chi connectivity index (χ4n) is 5.51. The number of Topliss-reactive ketones (excluding diaryl/α,β-unsaturated/α-hetero) is 2. The summed E-state index contributed by atoms with van der Waals surface area (Å²) in [6.45, 7) is 0. The number of nitro benzene ring substituents is 1.